The lowest BCUT2D eigenvalue weighted by molar-refractivity contribution is -0.139. The van der Waals surface area contributed by atoms with E-state index in [2.05, 4.69) is 23.8 Å². The zero-order chi connectivity index (χ0) is 13.8. The van der Waals surface area contributed by atoms with Crippen molar-refractivity contribution in [3.8, 4) is 0 Å². The molecule has 1 saturated heterocycles. The van der Waals surface area contributed by atoms with Crippen LogP contribution in [0, 0.1) is 5.92 Å². The molecule has 19 heavy (non-hydrogen) atoms. The van der Waals surface area contributed by atoms with E-state index in [-0.39, 0.29) is 12.0 Å². The summed E-state index contributed by atoms with van der Waals surface area (Å²) in [4.78, 5) is 17.3. The third kappa shape index (κ3) is 3.48. The Labute approximate surface area is 117 Å². The fourth-order valence-electron chi connectivity index (χ4n) is 3.56. The van der Waals surface area contributed by atoms with Gasteiger partial charge in [-0.15, -0.1) is 0 Å². The fourth-order valence-corrected chi connectivity index (χ4v) is 3.56. The van der Waals surface area contributed by atoms with Crippen LogP contribution in [-0.4, -0.2) is 54.5 Å². The second-order valence-corrected chi connectivity index (χ2v) is 6.26. The summed E-state index contributed by atoms with van der Waals surface area (Å²) in [6.45, 7) is 5.19. The van der Waals surface area contributed by atoms with Gasteiger partial charge in [0.05, 0.1) is 5.92 Å². The topological polar surface area (TPSA) is 49.6 Å². The molecule has 1 aliphatic carbocycles. The molecule has 2 rings (SSSR count). The summed E-state index contributed by atoms with van der Waals surface area (Å²) < 4.78 is 0. The van der Waals surface area contributed by atoms with Crippen LogP contribution in [0.1, 0.15) is 45.4 Å². The van der Waals surface area contributed by atoms with Gasteiger partial charge in [-0.25, -0.2) is 0 Å². The lowest BCUT2D eigenvalue weighted by Crippen LogP contribution is -2.50. The van der Waals surface area contributed by atoms with Crippen molar-refractivity contribution in [3.05, 3.63) is 0 Å². The monoisotopic (exact) mass is 267 g/mol. The van der Waals surface area contributed by atoms with Crippen molar-refractivity contribution in [2.24, 2.45) is 11.7 Å². The van der Waals surface area contributed by atoms with Gasteiger partial charge in [0.1, 0.15) is 0 Å². The number of hydrogen-bond acceptors (Lipinski definition) is 3. The summed E-state index contributed by atoms with van der Waals surface area (Å²) in [5.74, 6) is 0.403. The molecule has 4 heteroatoms. The van der Waals surface area contributed by atoms with Crippen LogP contribution in [0.5, 0.6) is 0 Å². The van der Waals surface area contributed by atoms with Crippen molar-refractivity contribution in [2.75, 3.05) is 26.7 Å². The molecule has 2 N–H and O–H groups in total. The molecule has 2 aliphatic rings. The van der Waals surface area contributed by atoms with Crippen LogP contribution < -0.4 is 5.73 Å². The number of amides is 1. The molecule has 1 heterocycles. The van der Waals surface area contributed by atoms with E-state index in [0.717, 1.165) is 51.7 Å². The molecular weight excluding hydrogens is 238 g/mol. The first-order valence-corrected chi connectivity index (χ1v) is 7.88. The first-order valence-electron chi connectivity index (χ1n) is 7.88. The maximum Gasteiger partial charge on any atom is 0.227 e. The van der Waals surface area contributed by atoms with E-state index in [1.807, 2.05) is 0 Å². The lowest BCUT2D eigenvalue weighted by Gasteiger charge is -2.36. The Balaban J connectivity index is 2.06. The first-order chi connectivity index (χ1) is 9.13. The van der Waals surface area contributed by atoms with Crippen molar-refractivity contribution in [2.45, 2.75) is 57.5 Å². The first kappa shape index (κ1) is 14.8. The average Bonchev–Trinajstić information content (AvgIpc) is 2.60. The molecule has 4 nitrogen and oxygen atoms in total. The van der Waals surface area contributed by atoms with Gasteiger partial charge in [0.15, 0.2) is 0 Å². The molecule has 0 aromatic heterocycles. The molecule has 110 valence electrons. The quantitative estimate of drug-likeness (QED) is 0.824. The van der Waals surface area contributed by atoms with E-state index >= 15 is 0 Å². The number of carbonyl (C=O) groups is 1. The number of rotatable bonds is 2. The van der Waals surface area contributed by atoms with Gasteiger partial charge in [-0.3, -0.25) is 4.79 Å². The number of nitrogens with zero attached hydrogens (tertiary/aromatic N) is 2. The molecule has 3 unspecified atom stereocenters. The maximum atomic E-state index is 12.8. The zero-order valence-corrected chi connectivity index (χ0v) is 12.5. The molecule has 1 saturated carbocycles. The van der Waals surface area contributed by atoms with E-state index in [1.165, 1.54) is 6.42 Å². The Morgan fingerprint density at radius 3 is 2.63 bits per heavy atom. The molecule has 3 atom stereocenters. The predicted molar refractivity (Wildman–Crippen MR) is 77.8 cm³/mol. The van der Waals surface area contributed by atoms with Gasteiger partial charge >= 0.3 is 0 Å². The SMILES string of the molecule is CCC1CN(C)CCCN1C(=O)C1CCCCC1N. The summed E-state index contributed by atoms with van der Waals surface area (Å²) in [6.07, 6.45) is 6.47. The van der Waals surface area contributed by atoms with Crippen LogP contribution in [0.15, 0.2) is 0 Å². The molecule has 2 fully saturated rings. The van der Waals surface area contributed by atoms with Crippen molar-refractivity contribution < 1.29 is 4.79 Å². The minimum Gasteiger partial charge on any atom is -0.338 e. The van der Waals surface area contributed by atoms with E-state index in [1.54, 1.807) is 0 Å². The highest BCUT2D eigenvalue weighted by molar-refractivity contribution is 5.80. The highest BCUT2D eigenvalue weighted by atomic mass is 16.2. The summed E-state index contributed by atoms with van der Waals surface area (Å²) in [5, 5.41) is 0. The number of carbonyl (C=O) groups excluding carboxylic acids is 1. The van der Waals surface area contributed by atoms with Crippen molar-refractivity contribution in [3.63, 3.8) is 0 Å². The zero-order valence-electron chi connectivity index (χ0n) is 12.5. The Kier molecular flexibility index (Phi) is 5.22. The number of likely N-dealkylation sites (N-methyl/N-ethyl adjacent to an activating group) is 1. The second-order valence-electron chi connectivity index (χ2n) is 6.26. The van der Waals surface area contributed by atoms with E-state index in [0.29, 0.717) is 11.9 Å². The third-order valence-electron chi connectivity index (χ3n) is 4.79. The minimum atomic E-state index is 0.0752. The smallest absolute Gasteiger partial charge is 0.227 e. The van der Waals surface area contributed by atoms with E-state index in [4.69, 9.17) is 5.73 Å². The van der Waals surface area contributed by atoms with Gasteiger partial charge in [0.25, 0.3) is 0 Å². The van der Waals surface area contributed by atoms with Crippen molar-refractivity contribution in [1.29, 1.82) is 0 Å². The molecule has 1 amide bonds. The standard InChI is InChI=1S/C15H29N3O/c1-3-12-11-17(2)9-6-10-18(12)15(19)13-7-4-5-8-14(13)16/h12-14H,3-11,16H2,1-2H3. The van der Waals surface area contributed by atoms with Crippen LogP contribution in [0.2, 0.25) is 0 Å². The minimum absolute atomic E-state index is 0.0752. The molecule has 0 spiro atoms. The molecule has 0 aromatic rings. The highest BCUT2D eigenvalue weighted by Gasteiger charge is 2.35. The summed E-state index contributed by atoms with van der Waals surface area (Å²) in [5.41, 5.74) is 6.18. The van der Waals surface area contributed by atoms with Crippen molar-refractivity contribution >= 4 is 5.91 Å². The Hall–Kier alpha value is -0.610. The summed E-state index contributed by atoms with van der Waals surface area (Å²) in [6, 6.07) is 0.453. The van der Waals surface area contributed by atoms with Crippen LogP contribution in [0.4, 0.5) is 0 Å². The Morgan fingerprint density at radius 2 is 1.95 bits per heavy atom. The van der Waals surface area contributed by atoms with Gasteiger partial charge < -0.3 is 15.5 Å². The van der Waals surface area contributed by atoms with E-state index < -0.39 is 0 Å². The Bertz CT molecular complexity index is 308. The average molecular weight is 267 g/mol. The van der Waals surface area contributed by atoms with Gasteiger partial charge in [-0.2, -0.15) is 0 Å². The van der Waals surface area contributed by atoms with Gasteiger partial charge in [-0.05, 0) is 39.3 Å². The Morgan fingerprint density at radius 1 is 1.21 bits per heavy atom. The molecular formula is C15H29N3O. The molecule has 0 radical (unpaired) electrons. The van der Waals surface area contributed by atoms with Crippen LogP contribution in [0.3, 0.4) is 0 Å². The van der Waals surface area contributed by atoms with E-state index in [9.17, 15) is 4.79 Å². The number of nitrogens with two attached hydrogens (primary N) is 1. The summed E-state index contributed by atoms with van der Waals surface area (Å²) >= 11 is 0. The third-order valence-corrected chi connectivity index (χ3v) is 4.79. The predicted octanol–water partition coefficient (Wildman–Crippen LogP) is 1.45. The maximum absolute atomic E-state index is 12.8. The van der Waals surface area contributed by atoms with Crippen LogP contribution in [0.25, 0.3) is 0 Å². The van der Waals surface area contributed by atoms with Gasteiger partial charge in [0.2, 0.25) is 5.91 Å². The van der Waals surface area contributed by atoms with Gasteiger partial charge in [-0.1, -0.05) is 19.8 Å². The normalized spacial score (nSPS) is 34.1. The molecule has 1 aliphatic heterocycles. The summed E-state index contributed by atoms with van der Waals surface area (Å²) in [7, 11) is 2.16. The van der Waals surface area contributed by atoms with Gasteiger partial charge in [0, 0.05) is 25.2 Å². The molecule has 0 bridgehead atoms. The largest absolute Gasteiger partial charge is 0.338 e. The fraction of sp³-hybridized carbons (Fsp3) is 0.933. The van der Waals surface area contributed by atoms with Crippen LogP contribution >= 0.6 is 0 Å². The number of hydrogen-bond donors (Lipinski definition) is 1. The second kappa shape index (κ2) is 6.71. The highest BCUT2D eigenvalue weighted by Crippen LogP contribution is 2.26. The van der Waals surface area contributed by atoms with Crippen LogP contribution in [-0.2, 0) is 4.79 Å². The lowest BCUT2D eigenvalue weighted by atomic mass is 9.84. The van der Waals surface area contributed by atoms with Crippen molar-refractivity contribution in [1.82, 2.24) is 9.80 Å². The molecule has 0 aromatic carbocycles.